The van der Waals surface area contributed by atoms with Crippen LogP contribution in [0.15, 0.2) is 27.2 Å². The van der Waals surface area contributed by atoms with E-state index in [1.807, 2.05) is 18.2 Å². The van der Waals surface area contributed by atoms with E-state index >= 15 is 0 Å². The number of piperazine rings is 1. The average Bonchev–Trinajstić information content (AvgIpc) is 3.00. The first-order valence-corrected chi connectivity index (χ1v) is 8.06. The Kier molecular flexibility index (Phi) is 4.59. The van der Waals surface area contributed by atoms with Crippen molar-refractivity contribution in [2.75, 3.05) is 26.2 Å². The quantitative estimate of drug-likeness (QED) is 0.898. The molecular formula is C14H16BrClN4O. The number of benzene rings is 1. The molecule has 0 bridgehead atoms. The second-order valence-electron chi connectivity index (χ2n) is 5.05. The van der Waals surface area contributed by atoms with Crippen molar-refractivity contribution < 1.29 is 4.52 Å². The SMILES string of the molecule is CC(c1nc(-c2ccc(Cl)c(Br)c2)no1)N1CCNCC1. The summed E-state index contributed by atoms with van der Waals surface area (Å²) in [4.78, 5) is 6.86. The summed E-state index contributed by atoms with van der Waals surface area (Å²) >= 11 is 9.41. The zero-order chi connectivity index (χ0) is 14.8. The first kappa shape index (κ1) is 15.0. The zero-order valence-corrected chi connectivity index (χ0v) is 14.0. The molecule has 1 aliphatic rings. The van der Waals surface area contributed by atoms with Crippen molar-refractivity contribution in [3.05, 3.63) is 33.6 Å². The highest BCUT2D eigenvalue weighted by Crippen LogP contribution is 2.28. The van der Waals surface area contributed by atoms with Crippen molar-refractivity contribution >= 4 is 27.5 Å². The van der Waals surface area contributed by atoms with Gasteiger partial charge >= 0.3 is 0 Å². The highest BCUT2D eigenvalue weighted by atomic mass is 79.9. The van der Waals surface area contributed by atoms with Gasteiger partial charge in [0.2, 0.25) is 11.7 Å². The Morgan fingerprint density at radius 3 is 2.86 bits per heavy atom. The fourth-order valence-corrected chi connectivity index (χ4v) is 2.88. The number of nitrogens with one attached hydrogen (secondary N) is 1. The average molecular weight is 372 g/mol. The number of hydrogen-bond donors (Lipinski definition) is 1. The molecule has 1 N–H and O–H groups in total. The van der Waals surface area contributed by atoms with Crippen molar-refractivity contribution in [3.8, 4) is 11.4 Å². The van der Waals surface area contributed by atoms with E-state index in [1.54, 1.807) is 0 Å². The van der Waals surface area contributed by atoms with Gasteiger partial charge in [0.05, 0.1) is 11.1 Å². The molecule has 1 atom stereocenters. The van der Waals surface area contributed by atoms with E-state index in [4.69, 9.17) is 16.1 Å². The predicted octanol–water partition coefficient (Wildman–Crippen LogP) is 3.12. The highest BCUT2D eigenvalue weighted by molar-refractivity contribution is 9.10. The Hall–Kier alpha value is -0.950. The van der Waals surface area contributed by atoms with Crippen LogP contribution in [0.4, 0.5) is 0 Å². The summed E-state index contributed by atoms with van der Waals surface area (Å²) in [5.41, 5.74) is 0.883. The van der Waals surface area contributed by atoms with Crippen LogP contribution in [0.1, 0.15) is 18.9 Å². The second kappa shape index (κ2) is 6.44. The predicted molar refractivity (Wildman–Crippen MR) is 85.3 cm³/mol. The summed E-state index contributed by atoms with van der Waals surface area (Å²) in [7, 11) is 0. The first-order valence-electron chi connectivity index (χ1n) is 6.89. The summed E-state index contributed by atoms with van der Waals surface area (Å²) in [6, 6.07) is 5.73. The van der Waals surface area contributed by atoms with Crippen molar-refractivity contribution in [1.29, 1.82) is 0 Å². The molecule has 7 heteroatoms. The largest absolute Gasteiger partial charge is 0.337 e. The fourth-order valence-electron chi connectivity index (χ4n) is 2.38. The van der Waals surface area contributed by atoms with Gasteiger partial charge in [-0.2, -0.15) is 4.98 Å². The van der Waals surface area contributed by atoms with Gasteiger partial charge in [0.1, 0.15) is 0 Å². The lowest BCUT2D eigenvalue weighted by Crippen LogP contribution is -2.44. The summed E-state index contributed by atoms with van der Waals surface area (Å²) < 4.78 is 6.26. The lowest BCUT2D eigenvalue weighted by Gasteiger charge is -2.30. The minimum Gasteiger partial charge on any atom is -0.337 e. The maximum absolute atomic E-state index is 6.00. The first-order chi connectivity index (χ1) is 10.1. The lowest BCUT2D eigenvalue weighted by molar-refractivity contribution is 0.154. The highest BCUT2D eigenvalue weighted by Gasteiger charge is 2.23. The topological polar surface area (TPSA) is 54.2 Å². The molecule has 0 saturated carbocycles. The second-order valence-corrected chi connectivity index (χ2v) is 6.31. The zero-order valence-electron chi connectivity index (χ0n) is 11.6. The Bertz CT molecular complexity index is 627. The van der Waals surface area contributed by atoms with Gasteiger partial charge in [-0.15, -0.1) is 0 Å². The third kappa shape index (κ3) is 3.29. The summed E-state index contributed by atoms with van der Waals surface area (Å²) in [5.74, 6) is 1.24. The maximum atomic E-state index is 6.00. The lowest BCUT2D eigenvalue weighted by atomic mass is 10.2. The summed E-state index contributed by atoms with van der Waals surface area (Å²) in [5, 5.41) is 8.08. The standard InChI is InChI=1S/C14H16BrClN4O/c1-9(20-6-4-17-5-7-20)14-18-13(19-21-14)10-2-3-12(16)11(15)8-10/h2-3,8-9,17H,4-7H2,1H3. The van der Waals surface area contributed by atoms with Gasteiger partial charge in [-0.1, -0.05) is 16.8 Å². The van der Waals surface area contributed by atoms with Crippen LogP contribution in [0.25, 0.3) is 11.4 Å². The monoisotopic (exact) mass is 370 g/mol. The number of nitrogens with zero attached hydrogens (tertiary/aromatic N) is 3. The smallest absolute Gasteiger partial charge is 0.244 e. The molecule has 1 unspecified atom stereocenters. The molecule has 1 saturated heterocycles. The van der Waals surface area contributed by atoms with E-state index in [9.17, 15) is 0 Å². The Morgan fingerprint density at radius 1 is 1.38 bits per heavy atom. The molecule has 0 radical (unpaired) electrons. The normalized spacial score (nSPS) is 17.9. The van der Waals surface area contributed by atoms with Crippen LogP contribution in [0.2, 0.25) is 5.02 Å². The van der Waals surface area contributed by atoms with Crippen LogP contribution in [0.3, 0.4) is 0 Å². The van der Waals surface area contributed by atoms with Gasteiger partial charge in [-0.05, 0) is 41.1 Å². The molecule has 2 aromatic rings. The molecule has 0 amide bonds. The molecule has 2 heterocycles. The molecule has 1 aromatic heterocycles. The molecular weight excluding hydrogens is 356 g/mol. The number of rotatable bonds is 3. The molecule has 1 aromatic carbocycles. The molecule has 5 nitrogen and oxygen atoms in total. The number of halogens is 2. The van der Waals surface area contributed by atoms with Crippen molar-refractivity contribution in [3.63, 3.8) is 0 Å². The van der Waals surface area contributed by atoms with Gasteiger partial charge < -0.3 is 9.84 Å². The molecule has 0 spiro atoms. The van der Waals surface area contributed by atoms with E-state index in [2.05, 4.69) is 43.2 Å². The van der Waals surface area contributed by atoms with Crippen LogP contribution >= 0.6 is 27.5 Å². The van der Waals surface area contributed by atoms with Crippen LogP contribution in [-0.4, -0.2) is 41.2 Å². The maximum Gasteiger partial charge on any atom is 0.244 e. The van der Waals surface area contributed by atoms with Crippen LogP contribution < -0.4 is 5.32 Å². The molecule has 21 heavy (non-hydrogen) atoms. The summed E-state index contributed by atoms with van der Waals surface area (Å²) in [6.45, 7) is 6.07. The van der Waals surface area contributed by atoms with E-state index in [-0.39, 0.29) is 6.04 Å². The van der Waals surface area contributed by atoms with E-state index in [0.717, 1.165) is 36.2 Å². The van der Waals surface area contributed by atoms with Crippen LogP contribution in [0, 0.1) is 0 Å². The summed E-state index contributed by atoms with van der Waals surface area (Å²) in [6.07, 6.45) is 0. The van der Waals surface area contributed by atoms with Crippen molar-refractivity contribution in [1.82, 2.24) is 20.4 Å². The van der Waals surface area contributed by atoms with Gasteiger partial charge in [-0.3, -0.25) is 4.90 Å². The van der Waals surface area contributed by atoms with Crippen LogP contribution in [-0.2, 0) is 0 Å². The van der Waals surface area contributed by atoms with Gasteiger partial charge in [0.25, 0.3) is 0 Å². The Balaban J connectivity index is 1.80. The van der Waals surface area contributed by atoms with Gasteiger partial charge in [0.15, 0.2) is 0 Å². The third-order valence-corrected chi connectivity index (χ3v) is 4.89. The molecule has 1 fully saturated rings. The molecule has 112 valence electrons. The minimum atomic E-state index is 0.129. The Morgan fingerprint density at radius 2 is 2.14 bits per heavy atom. The van der Waals surface area contributed by atoms with Crippen LogP contribution in [0.5, 0.6) is 0 Å². The Labute approximate surface area is 136 Å². The molecule has 0 aliphatic carbocycles. The molecule has 1 aliphatic heterocycles. The van der Waals surface area contributed by atoms with Gasteiger partial charge in [0, 0.05) is 36.2 Å². The van der Waals surface area contributed by atoms with Crippen molar-refractivity contribution in [2.45, 2.75) is 13.0 Å². The van der Waals surface area contributed by atoms with E-state index < -0.39 is 0 Å². The number of hydrogen-bond acceptors (Lipinski definition) is 5. The van der Waals surface area contributed by atoms with Crippen molar-refractivity contribution in [2.24, 2.45) is 0 Å². The third-order valence-electron chi connectivity index (χ3n) is 3.68. The minimum absolute atomic E-state index is 0.129. The molecule has 3 rings (SSSR count). The van der Waals surface area contributed by atoms with Gasteiger partial charge in [-0.25, -0.2) is 0 Å². The van der Waals surface area contributed by atoms with E-state index in [0.29, 0.717) is 16.7 Å². The van der Waals surface area contributed by atoms with E-state index in [1.165, 1.54) is 0 Å². The number of aromatic nitrogens is 2. The fraction of sp³-hybridized carbons (Fsp3) is 0.429.